The number of aromatic nitrogens is 4. The topological polar surface area (TPSA) is 168 Å². The van der Waals surface area contributed by atoms with Gasteiger partial charge in [-0.05, 0) is 116 Å². The summed E-state index contributed by atoms with van der Waals surface area (Å²) in [4.78, 5) is 13.8. The summed E-state index contributed by atoms with van der Waals surface area (Å²) in [6.45, 7) is 3.61. The molecule has 2 saturated carbocycles. The van der Waals surface area contributed by atoms with E-state index in [4.69, 9.17) is 18.9 Å². The molecule has 0 bridgehead atoms. The second-order valence-corrected chi connectivity index (χ2v) is 20.7. The maximum atomic E-state index is 14.0. The van der Waals surface area contributed by atoms with E-state index in [0.29, 0.717) is 23.8 Å². The number of nitrogens with zero attached hydrogens (tertiary/aromatic N) is 7. The highest BCUT2D eigenvalue weighted by atomic mass is 32.2. The lowest BCUT2D eigenvalue weighted by molar-refractivity contribution is 0.111. The Hall–Kier alpha value is -6.05. The number of likely N-dealkylation sites (tertiary alicyclic amines) is 1. The predicted octanol–water partition coefficient (Wildman–Crippen LogP) is 7.27. The third-order valence-electron chi connectivity index (χ3n) is 12.1. The lowest BCUT2D eigenvalue weighted by Crippen LogP contribution is -2.36. The van der Waals surface area contributed by atoms with E-state index in [1.54, 1.807) is 58.8 Å². The molecule has 1 aliphatic heterocycles. The molecule has 3 fully saturated rings. The summed E-state index contributed by atoms with van der Waals surface area (Å²) in [6, 6.07) is 33.0. The van der Waals surface area contributed by atoms with E-state index in [-0.39, 0.29) is 48.0 Å². The summed E-state index contributed by atoms with van der Waals surface area (Å²) in [5.41, 5.74) is 4.63. The molecule has 0 atom stereocenters. The highest BCUT2D eigenvalue weighted by Crippen LogP contribution is 2.38. The first kappa shape index (κ1) is 47.4. The number of sulfonamides is 2. The van der Waals surface area contributed by atoms with Gasteiger partial charge in [0.05, 0.1) is 46.2 Å². The van der Waals surface area contributed by atoms with Crippen LogP contribution in [0.4, 0.5) is 0 Å². The fourth-order valence-corrected chi connectivity index (χ4v) is 10.5. The van der Waals surface area contributed by atoms with Crippen LogP contribution in [0.15, 0.2) is 119 Å². The van der Waals surface area contributed by atoms with Crippen LogP contribution in [0.25, 0.3) is 0 Å². The second-order valence-electron chi connectivity index (χ2n) is 16.9. The van der Waals surface area contributed by atoms with Gasteiger partial charge in [0.15, 0.2) is 16.3 Å². The number of hydrogen-bond donors (Lipinski definition) is 0. The van der Waals surface area contributed by atoms with Crippen molar-refractivity contribution >= 4 is 26.3 Å². The Balaban J connectivity index is 0.000000182. The van der Waals surface area contributed by atoms with Crippen molar-refractivity contribution in [3.63, 3.8) is 0 Å². The van der Waals surface area contributed by atoms with Crippen LogP contribution in [-0.4, -0.2) is 97.7 Å². The van der Waals surface area contributed by atoms with E-state index < -0.39 is 20.0 Å². The summed E-state index contributed by atoms with van der Waals surface area (Å²) < 4.78 is 82.3. The number of hydrogen-bond acceptors (Lipinski definition) is 12. The minimum Gasteiger partial charge on any atom is -0.497 e. The van der Waals surface area contributed by atoms with Crippen LogP contribution in [-0.2, 0) is 52.8 Å². The van der Waals surface area contributed by atoms with Gasteiger partial charge in [0.2, 0.25) is 0 Å². The van der Waals surface area contributed by atoms with E-state index in [1.807, 2.05) is 77.5 Å². The first-order valence-electron chi connectivity index (χ1n) is 22.3. The highest BCUT2D eigenvalue weighted by molar-refractivity contribution is 7.89. The second kappa shape index (κ2) is 20.9. The zero-order chi connectivity index (χ0) is 47.1. The van der Waals surface area contributed by atoms with E-state index in [0.717, 1.165) is 84.8 Å². The van der Waals surface area contributed by atoms with Crippen LogP contribution in [0.5, 0.6) is 23.0 Å². The van der Waals surface area contributed by atoms with E-state index in [2.05, 4.69) is 15.1 Å². The zero-order valence-electron chi connectivity index (χ0n) is 38.2. The van der Waals surface area contributed by atoms with Gasteiger partial charge >= 0.3 is 0 Å². The maximum Gasteiger partial charge on any atom is 0.263 e. The molecule has 354 valence electrons. The van der Waals surface area contributed by atoms with Crippen molar-refractivity contribution in [2.24, 2.45) is 0 Å². The third-order valence-corrected chi connectivity index (χ3v) is 15.4. The smallest absolute Gasteiger partial charge is 0.263 e. The molecule has 16 nitrogen and oxygen atoms in total. The quantitative estimate of drug-likeness (QED) is 0.0663. The molecule has 1 saturated heterocycles. The molecular formula is C49H57N7O9S2. The van der Waals surface area contributed by atoms with Crippen LogP contribution in [0.1, 0.15) is 82.6 Å². The first-order chi connectivity index (χ1) is 32.4. The van der Waals surface area contributed by atoms with Crippen LogP contribution >= 0.6 is 0 Å². The van der Waals surface area contributed by atoms with Crippen molar-refractivity contribution in [3.8, 4) is 23.0 Å². The van der Waals surface area contributed by atoms with Crippen molar-refractivity contribution in [2.45, 2.75) is 87.0 Å². The molecule has 18 heteroatoms. The fraction of sp³-hybridized carbons (Fsp3) is 0.367. The fourth-order valence-electron chi connectivity index (χ4n) is 7.72. The van der Waals surface area contributed by atoms with E-state index in [1.165, 1.54) is 25.8 Å². The van der Waals surface area contributed by atoms with Gasteiger partial charge in [-0.1, -0.05) is 48.5 Å². The van der Waals surface area contributed by atoms with Crippen molar-refractivity contribution in [1.82, 2.24) is 33.1 Å². The Bertz CT molecular complexity index is 2720. The lowest BCUT2D eigenvalue weighted by Gasteiger charge is -2.30. The summed E-state index contributed by atoms with van der Waals surface area (Å²) in [6.07, 6.45) is 5.74. The summed E-state index contributed by atoms with van der Waals surface area (Å²) in [5, 5.41) is 8.93. The highest BCUT2D eigenvalue weighted by Gasteiger charge is 2.35. The number of methoxy groups -OCH3 is 4. The molecule has 2 aromatic heterocycles. The van der Waals surface area contributed by atoms with Crippen LogP contribution in [0.2, 0.25) is 0 Å². The van der Waals surface area contributed by atoms with Gasteiger partial charge < -0.3 is 18.9 Å². The normalized spacial score (nSPS) is 15.1. The average molecular weight is 952 g/mol. The number of aldehydes is 1. The molecule has 2 aliphatic carbocycles. The summed E-state index contributed by atoms with van der Waals surface area (Å²) in [5.74, 6) is 2.85. The van der Waals surface area contributed by atoms with E-state index >= 15 is 0 Å². The molecule has 0 N–H and O–H groups in total. The summed E-state index contributed by atoms with van der Waals surface area (Å²) in [7, 11) is -1.42. The van der Waals surface area contributed by atoms with Crippen LogP contribution in [0.3, 0.4) is 0 Å². The van der Waals surface area contributed by atoms with Crippen molar-refractivity contribution in [2.75, 3.05) is 41.5 Å². The molecule has 0 amide bonds. The molecule has 0 spiro atoms. The Morgan fingerprint density at radius 2 is 0.881 bits per heavy atom. The van der Waals surface area contributed by atoms with Crippen molar-refractivity contribution < 1.29 is 40.6 Å². The molecule has 67 heavy (non-hydrogen) atoms. The van der Waals surface area contributed by atoms with Gasteiger partial charge in [-0.25, -0.2) is 16.8 Å². The van der Waals surface area contributed by atoms with Crippen LogP contribution < -0.4 is 18.9 Å². The Labute approximate surface area is 392 Å². The maximum absolute atomic E-state index is 14.0. The number of ether oxygens (including phenoxy) is 4. The van der Waals surface area contributed by atoms with E-state index in [9.17, 15) is 21.6 Å². The summed E-state index contributed by atoms with van der Waals surface area (Å²) >= 11 is 0. The molecule has 9 rings (SSSR count). The van der Waals surface area contributed by atoms with Gasteiger partial charge in [-0.2, -0.15) is 18.8 Å². The standard InChI is InChI=1S/C26H32N4O4S.C23H25N3O5S/c1-33-24-10-4-20(5-11-24)17-29(18-21-6-12-25(34-2)13-7-21)35(31,32)26-16-23(19-28-14-3-15-28)30(27-26)22-8-9-22;1-30-21-9-3-17(4-10-21)14-25(15-18-5-11-22(31-2)12-6-18)32(28,29)23-13-20(16-27)26(24-23)19-7-8-19/h4-7,10-13,16,22H,3,8-9,14-15,17-19H2,1-2H3;3-6,9-13,16,19H,7-8,14-15H2,1-2H3. The number of rotatable bonds is 21. The van der Waals surface area contributed by atoms with Gasteiger partial charge in [0, 0.05) is 44.9 Å². The predicted molar refractivity (Wildman–Crippen MR) is 251 cm³/mol. The Kier molecular flexibility index (Phi) is 14.8. The first-order valence-corrected chi connectivity index (χ1v) is 25.2. The molecule has 0 radical (unpaired) electrons. The molecule has 4 aromatic carbocycles. The SMILES string of the molecule is COc1ccc(CN(Cc2ccc(OC)cc2)S(=O)(=O)c2cc(C=O)n(C3CC3)n2)cc1.COc1ccc(CN(Cc2ccc(OC)cc2)S(=O)(=O)c2cc(CN3CCC3)n(C3CC3)n2)cc1. The average Bonchev–Trinajstić information content (AvgIpc) is 4.28. The molecule has 6 aromatic rings. The van der Waals surface area contributed by atoms with Gasteiger partial charge in [0.1, 0.15) is 28.7 Å². The molecule has 3 aliphatic rings. The molecular weight excluding hydrogens is 895 g/mol. The van der Waals surface area contributed by atoms with Gasteiger partial charge in [0.25, 0.3) is 20.0 Å². The monoisotopic (exact) mass is 951 g/mol. The minimum atomic E-state index is -3.97. The lowest BCUT2D eigenvalue weighted by atomic mass is 10.2. The molecule has 3 heterocycles. The number of carbonyl (C=O) groups excluding carboxylic acids is 1. The minimum absolute atomic E-state index is 0.0933. The van der Waals surface area contributed by atoms with Gasteiger partial charge in [-0.15, -0.1) is 0 Å². The number of benzene rings is 4. The van der Waals surface area contributed by atoms with Crippen molar-refractivity contribution in [1.29, 1.82) is 0 Å². The van der Waals surface area contributed by atoms with Crippen molar-refractivity contribution in [3.05, 3.63) is 143 Å². The Morgan fingerprint density at radius 3 is 1.19 bits per heavy atom. The Morgan fingerprint density at radius 1 is 0.537 bits per heavy atom. The van der Waals surface area contributed by atoms with Gasteiger partial charge in [-0.3, -0.25) is 19.1 Å². The third kappa shape index (κ3) is 11.6. The number of carbonyl (C=O) groups is 1. The van der Waals surface area contributed by atoms with Crippen LogP contribution in [0, 0.1) is 0 Å². The molecule has 0 unspecified atom stereocenters. The largest absolute Gasteiger partial charge is 0.497 e. The zero-order valence-corrected chi connectivity index (χ0v) is 39.9.